The average molecular weight is 418 g/mol. The van der Waals surface area contributed by atoms with Gasteiger partial charge in [0.25, 0.3) is 0 Å². The van der Waals surface area contributed by atoms with Crippen molar-refractivity contribution >= 4 is 17.3 Å². The van der Waals surface area contributed by atoms with Gasteiger partial charge in [0.15, 0.2) is 0 Å². The van der Waals surface area contributed by atoms with E-state index in [4.69, 9.17) is 4.42 Å². The third-order valence-corrected chi connectivity index (χ3v) is 6.38. The Kier molecular flexibility index (Phi) is 5.42. The minimum atomic E-state index is 0.000625. The number of aromatic nitrogens is 2. The fraction of sp³-hybridized carbons (Fsp3) is 0.375. The number of amides is 1. The first-order chi connectivity index (χ1) is 15.2. The molecular formula is C24H27N5O2. The smallest absolute Gasteiger partial charge is 0.247 e. The second kappa shape index (κ2) is 8.51. The third kappa shape index (κ3) is 4.05. The summed E-state index contributed by atoms with van der Waals surface area (Å²) in [7, 11) is 2.17. The molecule has 0 spiro atoms. The molecule has 2 aliphatic rings. The van der Waals surface area contributed by atoms with Gasteiger partial charge in [-0.2, -0.15) is 0 Å². The SMILES string of the molecule is CN1CCN(c2ccccc2CC2CCN(c3cccc(-c4nnco4)c3)C2=O)CC1. The molecule has 2 saturated heterocycles. The number of carbonyl (C=O) groups is 1. The molecule has 2 fully saturated rings. The highest BCUT2D eigenvalue weighted by Crippen LogP contribution is 2.32. The van der Waals surface area contributed by atoms with Crippen LogP contribution in [0.4, 0.5) is 11.4 Å². The van der Waals surface area contributed by atoms with E-state index in [1.54, 1.807) is 0 Å². The summed E-state index contributed by atoms with van der Waals surface area (Å²) in [4.78, 5) is 20.0. The van der Waals surface area contributed by atoms with Gasteiger partial charge in [0.2, 0.25) is 18.2 Å². The van der Waals surface area contributed by atoms with Crippen LogP contribution in [-0.4, -0.2) is 60.8 Å². The Morgan fingerprint density at radius 2 is 1.87 bits per heavy atom. The van der Waals surface area contributed by atoms with Crippen molar-refractivity contribution in [3.8, 4) is 11.5 Å². The first-order valence-electron chi connectivity index (χ1n) is 10.9. The molecule has 0 radical (unpaired) electrons. The molecule has 0 aliphatic carbocycles. The van der Waals surface area contributed by atoms with E-state index in [2.05, 4.69) is 51.3 Å². The van der Waals surface area contributed by atoms with Crippen LogP contribution in [0.5, 0.6) is 0 Å². The number of hydrogen-bond donors (Lipinski definition) is 0. The molecular weight excluding hydrogens is 390 g/mol. The number of anilines is 2. The molecule has 3 aromatic rings. The Hall–Kier alpha value is -3.19. The van der Waals surface area contributed by atoms with Gasteiger partial charge in [-0.15, -0.1) is 10.2 Å². The van der Waals surface area contributed by atoms with Crippen molar-refractivity contribution in [2.24, 2.45) is 5.92 Å². The predicted octanol–water partition coefficient (Wildman–Crippen LogP) is 3.08. The van der Waals surface area contributed by atoms with E-state index in [1.165, 1.54) is 17.6 Å². The zero-order valence-electron chi connectivity index (χ0n) is 17.8. The molecule has 1 aromatic heterocycles. The van der Waals surface area contributed by atoms with Crippen LogP contribution in [-0.2, 0) is 11.2 Å². The highest BCUT2D eigenvalue weighted by atomic mass is 16.4. The number of hydrogen-bond acceptors (Lipinski definition) is 6. The van der Waals surface area contributed by atoms with E-state index in [-0.39, 0.29) is 11.8 Å². The lowest BCUT2D eigenvalue weighted by Crippen LogP contribution is -2.44. The van der Waals surface area contributed by atoms with Crippen LogP contribution in [0.25, 0.3) is 11.5 Å². The molecule has 0 bridgehead atoms. The van der Waals surface area contributed by atoms with Crippen molar-refractivity contribution in [1.29, 1.82) is 0 Å². The highest BCUT2D eigenvalue weighted by molar-refractivity contribution is 5.97. The number of benzene rings is 2. The molecule has 2 aliphatic heterocycles. The summed E-state index contributed by atoms with van der Waals surface area (Å²) in [5.41, 5.74) is 4.26. The van der Waals surface area contributed by atoms with E-state index < -0.39 is 0 Å². The molecule has 5 rings (SSSR count). The van der Waals surface area contributed by atoms with Gasteiger partial charge in [0.05, 0.1) is 0 Å². The number of para-hydroxylation sites is 1. The molecule has 160 valence electrons. The van der Waals surface area contributed by atoms with E-state index in [9.17, 15) is 4.79 Å². The van der Waals surface area contributed by atoms with Gasteiger partial charge >= 0.3 is 0 Å². The third-order valence-electron chi connectivity index (χ3n) is 6.38. The van der Waals surface area contributed by atoms with Gasteiger partial charge < -0.3 is 19.1 Å². The minimum absolute atomic E-state index is 0.000625. The van der Waals surface area contributed by atoms with Crippen molar-refractivity contribution in [2.45, 2.75) is 12.8 Å². The summed E-state index contributed by atoms with van der Waals surface area (Å²) in [5.74, 6) is 0.655. The van der Waals surface area contributed by atoms with Gasteiger partial charge in [-0.05, 0) is 49.7 Å². The van der Waals surface area contributed by atoms with Crippen LogP contribution < -0.4 is 9.80 Å². The van der Waals surface area contributed by atoms with Crippen LogP contribution in [0.1, 0.15) is 12.0 Å². The van der Waals surface area contributed by atoms with Gasteiger partial charge in [0.1, 0.15) is 0 Å². The Labute approximate surface area is 182 Å². The maximum Gasteiger partial charge on any atom is 0.247 e. The molecule has 0 N–H and O–H groups in total. The van der Waals surface area contributed by atoms with Gasteiger partial charge in [-0.3, -0.25) is 4.79 Å². The van der Waals surface area contributed by atoms with E-state index in [0.29, 0.717) is 5.89 Å². The zero-order chi connectivity index (χ0) is 21.2. The summed E-state index contributed by atoms with van der Waals surface area (Å²) in [6.45, 7) is 4.93. The largest absolute Gasteiger partial charge is 0.423 e. The first-order valence-corrected chi connectivity index (χ1v) is 10.9. The molecule has 0 saturated carbocycles. The molecule has 3 heterocycles. The zero-order valence-corrected chi connectivity index (χ0v) is 17.8. The Morgan fingerprint density at radius 1 is 1.03 bits per heavy atom. The quantitative estimate of drug-likeness (QED) is 0.636. The van der Waals surface area contributed by atoms with Crippen molar-refractivity contribution in [1.82, 2.24) is 15.1 Å². The van der Waals surface area contributed by atoms with Crippen molar-refractivity contribution in [2.75, 3.05) is 49.6 Å². The predicted molar refractivity (Wildman–Crippen MR) is 120 cm³/mol. The monoisotopic (exact) mass is 417 g/mol. The number of carbonyl (C=O) groups excluding carboxylic acids is 1. The summed E-state index contributed by atoms with van der Waals surface area (Å²) in [6.07, 6.45) is 2.96. The number of rotatable bonds is 5. The Bertz CT molecular complexity index is 1040. The first kappa shape index (κ1) is 19.8. The van der Waals surface area contributed by atoms with Crippen molar-refractivity contribution in [3.05, 3.63) is 60.5 Å². The van der Waals surface area contributed by atoms with Crippen LogP contribution in [0.15, 0.2) is 59.3 Å². The molecule has 7 heteroatoms. The van der Waals surface area contributed by atoms with E-state index in [0.717, 1.165) is 56.8 Å². The van der Waals surface area contributed by atoms with Gasteiger partial charge in [-0.25, -0.2) is 0 Å². The number of piperazine rings is 1. The van der Waals surface area contributed by atoms with Crippen molar-refractivity contribution < 1.29 is 9.21 Å². The molecule has 1 amide bonds. The Balaban J connectivity index is 1.32. The topological polar surface area (TPSA) is 65.7 Å². The lowest BCUT2D eigenvalue weighted by molar-refractivity contribution is -0.120. The lowest BCUT2D eigenvalue weighted by atomic mass is 9.96. The number of likely N-dealkylation sites (N-methyl/N-ethyl adjacent to an activating group) is 1. The Morgan fingerprint density at radius 3 is 2.68 bits per heavy atom. The summed E-state index contributed by atoms with van der Waals surface area (Å²) in [5, 5.41) is 7.72. The van der Waals surface area contributed by atoms with Crippen LogP contribution in [0.2, 0.25) is 0 Å². The van der Waals surface area contributed by atoms with E-state index >= 15 is 0 Å². The fourth-order valence-electron chi connectivity index (χ4n) is 4.60. The fourth-order valence-corrected chi connectivity index (χ4v) is 4.60. The van der Waals surface area contributed by atoms with Gasteiger partial charge in [0, 0.05) is 55.6 Å². The lowest BCUT2D eigenvalue weighted by Gasteiger charge is -2.35. The molecule has 31 heavy (non-hydrogen) atoms. The van der Waals surface area contributed by atoms with E-state index in [1.807, 2.05) is 29.2 Å². The van der Waals surface area contributed by atoms with Crippen LogP contribution in [0, 0.1) is 5.92 Å². The molecule has 1 unspecified atom stereocenters. The average Bonchev–Trinajstić information content (AvgIpc) is 3.46. The highest BCUT2D eigenvalue weighted by Gasteiger charge is 2.33. The van der Waals surface area contributed by atoms with Crippen LogP contribution >= 0.6 is 0 Å². The minimum Gasteiger partial charge on any atom is -0.423 e. The summed E-state index contributed by atoms with van der Waals surface area (Å²) < 4.78 is 5.31. The molecule has 1 atom stereocenters. The van der Waals surface area contributed by atoms with Crippen molar-refractivity contribution in [3.63, 3.8) is 0 Å². The maximum absolute atomic E-state index is 13.3. The second-order valence-corrected chi connectivity index (χ2v) is 8.39. The maximum atomic E-state index is 13.3. The second-order valence-electron chi connectivity index (χ2n) is 8.39. The van der Waals surface area contributed by atoms with Gasteiger partial charge in [-0.1, -0.05) is 24.3 Å². The van der Waals surface area contributed by atoms with Crippen LogP contribution in [0.3, 0.4) is 0 Å². The molecule has 7 nitrogen and oxygen atoms in total. The number of nitrogens with zero attached hydrogens (tertiary/aromatic N) is 5. The summed E-state index contributed by atoms with van der Waals surface area (Å²) in [6, 6.07) is 16.3. The standard InChI is InChI=1S/C24H27N5O2/c1-27-11-13-28(14-12-27)22-8-3-2-5-18(22)15-20-9-10-29(24(20)30)21-7-4-6-19(16-21)23-26-25-17-31-23/h2-8,16-17,20H,9-15H2,1H3. The summed E-state index contributed by atoms with van der Waals surface area (Å²) >= 11 is 0. The normalized spacial score (nSPS) is 19.9. The molecule has 2 aromatic carbocycles.